The van der Waals surface area contributed by atoms with E-state index in [4.69, 9.17) is 4.74 Å². The van der Waals surface area contributed by atoms with Crippen molar-refractivity contribution in [1.82, 2.24) is 5.32 Å². The fraction of sp³-hybridized carbons (Fsp3) is 0.538. The van der Waals surface area contributed by atoms with Gasteiger partial charge in [0.2, 0.25) is 0 Å². The van der Waals surface area contributed by atoms with Gasteiger partial charge in [-0.25, -0.2) is 8.78 Å². The molecule has 0 radical (unpaired) electrons. The number of rotatable bonds is 4. The van der Waals surface area contributed by atoms with E-state index in [-0.39, 0.29) is 5.56 Å². The molecule has 17 heavy (non-hydrogen) atoms. The molecule has 0 aliphatic carbocycles. The lowest BCUT2D eigenvalue weighted by molar-refractivity contribution is 0.0699. The highest BCUT2D eigenvalue weighted by molar-refractivity contribution is 5.24. The third kappa shape index (κ3) is 3.75. The molecule has 2 nitrogen and oxygen atoms in total. The smallest absolute Gasteiger partial charge is 0.263 e. The summed E-state index contributed by atoms with van der Waals surface area (Å²) in [6.07, 6.45) is -0.239. The van der Waals surface area contributed by atoms with Crippen molar-refractivity contribution in [3.8, 4) is 0 Å². The Bertz CT molecular complexity index is 351. The van der Waals surface area contributed by atoms with Crippen LogP contribution in [0.1, 0.15) is 30.4 Å². The van der Waals surface area contributed by atoms with Gasteiger partial charge in [0, 0.05) is 24.8 Å². The lowest BCUT2D eigenvalue weighted by Gasteiger charge is -2.23. The van der Waals surface area contributed by atoms with Gasteiger partial charge < -0.3 is 10.1 Å². The third-order valence-electron chi connectivity index (χ3n) is 2.96. The molecule has 0 saturated carbocycles. The predicted molar refractivity (Wildman–Crippen MR) is 62.1 cm³/mol. The SMILES string of the molecule is FC(F)c1cccc(CNC2CCCOC2)c1. The van der Waals surface area contributed by atoms with Crippen LogP contribution < -0.4 is 5.32 Å². The number of halogens is 2. The van der Waals surface area contributed by atoms with Crippen LogP contribution >= 0.6 is 0 Å². The zero-order valence-corrected chi connectivity index (χ0v) is 9.66. The van der Waals surface area contributed by atoms with Gasteiger partial charge in [-0.15, -0.1) is 0 Å². The van der Waals surface area contributed by atoms with Gasteiger partial charge in [0.1, 0.15) is 0 Å². The fourth-order valence-electron chi connectivity index (χ4n) is 2.00. The molecule has 4 heteroatoms. The second kappa shape index (κ2) is 6.07. The zero-order valence-electron chi connectivity index (χ0n) is 9.66. The summed E-state index contributed by atoms with van der Waals surface area (Å²) in [4.78, 5) is 0. The number of hydrogen-bond acceptors (Lipinski definition) is 2. The highest BCUT2D eigenvalue weighted by atomic mass is 19.3. The maximum atomic E-state index is 12.5. The average molecular weight is 241 g/mol. The Kier molecular flexibility index (Phi) is 4.45. The van der Waals surface area contributed by atoms with E-state index < -0.39 is 6.43 Å². The Morgan fingerprint density at radius 1 is 1.41 bits per heavy atom. The molecule has 0 bridgehead atoms. The van der Waals surface area contributed by atoms with Crippen molar-refractivity contribution < 1.29 is 13.5 Å². The van der Waals surface area contributed by atoms with Gasteiger partial charge in [-0.05, 0) is 24.5 Å². The van der Waals surface area contributed by atoms with E-state index in [0.717, 1.165) is 25.0 Å². The number of nitrogens with one attached hydrogen (secondary N) is 1. The van der Waals surface area contributed by atoms with Gasteiger partial charge in [0.15, 0.2) is 0 Å². The molecule has 1 unspecified atom stereocenters. The molecule has 1 heterocycles. The minimum atomic E-state index is -2.40. The number of alkyl halides is 2. The van der Waals surface area contributed by atoms with Gasteiger partial charge in [0.25, 0.3) is 6.43 Å². The summed E-state index contributed by atoms with van der Waals surface area (Å²) in [5, 5.41) is 3.33. The molecule has 2 rings (SSSR count). The molecule has 1 fully saturated rings. The van der Waals surface area contributed by atoms with Crippen LogP contribution in [0.5, 0.6) is 0 Å². The molecule has 0 amide bonds. The van der Waals surface area contributed by atoms with Gasteiger partial charge in [-0.3, -0.25) is 0 Å². The average Bonchev–Trinajstić information content (AvgIpc) is 2.38. The predicted octanol–water partition coefficient (Wildman–Crippen LogP) is 2.89. The Morgan fingerprint density at radius 2 is 2.29 bits per heavy atom. The van der Waals surface area contributed by atoms with E-state index in [1.165, 1.54) is 6.07 Å². The Morgan fingerprint density at radius 3 is 3.00 bits per heavy atom. The maximum Gasteiger partial charge on any atom is 0.263 e. The van der Waals surface area contributed by atoms with Crippen molar-refractivity contribution in [2.24, 2.45) is 0 Å². The first-order valence-corrected chi connectivity index (χ1v) is 5.94. The molecule has 0 spiro atoms. The molecule has 1 aromatic carbocycles. The summed E-state index contributed by atoms with van der Waals surface area (Å²) in [6, 6.07) is 6.90. The molecule has 1 N–H and O–H groups in total. The maximum absolute atomic E-state index is 12.5. The molecular weight excluding hydrogens is 224 g/mol. The fourth-order valence-corrected chi connectivity index (χ4v) is 2.00. The first kappa shape index (κ1) is 12.5. The van der Waals surface area contributed by atoms with Crippen LogP contribution in [0.2, 0.25) is 0 Å². The zero-order chi connectivity index (χ0) is 12.1. The lowest BCUT2D eigenvalue weighted by atomic mass is 10.1. The van der Waals surface area contributed by atoms with Crippen LogP contribution in [-0.2, 0) is 11.3 Å². The van der Waals surface area contributed by atoms with Crippen molar-refractivity contribution in [3.05, 3.63) is 35.4 Å². The summed E-state index contributed by atoms with van der Waals surface area (Å²) in [6.45, 7) is 2.17. The van der Waals surface area contributed by atoms with Gasteiger partial charge in [0.05, 0.1) is 6.61 Å². The van der Waals surface area contributed by atoms with Crippen LogP contribution in [0.4, 0.5) is 8.78 Å². The summed E-state index contributed by atoms with van der Waals surface area (Å²) < 4.78 is 30.4. The summed E-state index contributed by atoms with van der Waals surface area (Å²) >= 11 is 0. The molecule has 1 atom stereocenters. The quantitative estimate of drug-likeness (QED) is 0.875. The van der Waals surface area contributed by atoms with E-state index in [9.17, 15) is 8.78 Å². The molecule has 1 aliphatic heterocycles. The summed E-state index contributed by atoms with van der Waals surface area (Å²) in [5.74, 6) is 0. The first-order valence-electron chi connectivity index (χ1n) is 5.94. The van der Waals surface area contributed by atoms with Crippen LogP contribution in [-0.4, -0.2) is 19.3 Å². The van der Waals surface area contributed by atoms with Gasteiger partial charge in [-0.2, -0.15) is 0 Å². The number of ether oxygens (including phenoxy) is 1. The largest absolute Gasteiger partial charge is 0.380 e. The molecule has 0 aromatic heterocycles. The third-order valence-corrected chi connectivity index (χ3v) is 2.96. The van der Waals surface area contributed by atoms with Crippen LogP contribution in [0, 0.1) is 0 Å². The lowest BCUT2D eigenvalue weighted by Crippen LogP contribution is -2.36. The van der Waals surface area contributed by atoms with Gasteiger partial charge >= 0.3 is 0 Å². The van der Waals surface area contributed by atoms with E-state index in [1.54, 1.807) is 12.1 Å². The minimum absolute atomic E-state index is 0.0872. The molecule has 1 aliphatic rings. The normalized spacial score (nSPS) is 20.8. The Balaban J connectivity index is 1.87. The minimum Gasteiger partial charge on any atom is -0.380 e. The van der Waals surface area contributed by atoms with Crippen LogP contribution in [0.15, 0.2) is 24.3 Å². The van der Waals surface area contributed by atoms with Crippen molar-refractivity contribution in [3.63, 3.8) is 0 Å². The van der Waals surface area contributed by atoms with Gasteiger partial charge in [-0.1, -0.05) is 18.2 Å². The Hall–Kier alpha value is -1.00. The summed E-state index contributed by atoms with van der Waals surface area (Å²) in [7, 11) is 0. The van der Waals surface area contributed by atoms with E-state index in [0.29, 0.717) is 19.2 Å². The van der Waals surface area contributed by atoms with Crippen molar-refractivity contribution >= 4 is 0 Å². The van der Waals surface area contributed by atoms with E-state index >= 15 is 0 Å². The molecule has 1 saturated heterocycles. The topological polar surface area (TPSA) is 21.3 Å². The van der Waals surface area contributed by atoms with Crippen molar-refractivity contribution in [1.29, 1.82) is 0 Å². The second-order valence-corrected chi connectivity index (χ2v) is 4.34. The number of hydrogen-bond donors (Lipinski definition) is 1. The Labute approximate surface area is 100.0 Å². The second-order valence-electron chi connectivity index (χ2n) is 4.34. The van der Waals surface area contributed by atoms with Crippen LogP contribution in [0.3, 0.4) is 0 Å². The molecule has 94 valence electrons. The first-order chi connectivity index (χ1) is 8.25. The highest BCUT2D eigenvalue weighted by Gasteiger charge is 2.13. The molecule has 1 aromatic rings. The van der Waals surface area contributed by atoms with Crippen molar-refractivity contribution in [2.75, 3.05) is 13.2 Å². The van der Waals surface area contributed by atoms with E-state index in [1.807, 2.05) is 6.07 Å². The number of benzene rings is 1. The standard InChI is InChI=1S/C13H17F2NO/c14-13(15)11-4-1-3-10(7-11)8-16-12-5-2-6-17-9-12/h1,3-4,7,12-13,16H,2,5-6,8-9H2. The monoisotopic (exact) mass is 241 g/mol. The summed E-state index contributed by atoms with van der Waals surface area (Å²) in [5.41, 5.74) is 0.984. The molecular formula is C13H17F2NO. The van der Waals surface area contributed by atoms with E-state index in [2.05, 4.69) is 5.32 Å². The van der Waals surface area contributed by atoms with Crippen molar-refractivity contribution in [2.45, 2.75) is 31.9 Å². The highest BCUT2D eigenvalue weighted by Crippen LogP contribution is 2.19. The van der Waals surface area contributed by atoms with Crippen LogP contribution in [0.25, 0.3) is 0 Å².